The van der Waals surface area contributed by atoms with Crippen molar-refractivity contribution in [1.29, 1.82) is 0 Å². The second-order valence-corrected chi connectivity index (χ2v) is 4.82. The molecule has 0 aromatic carbocycles. The van der Waals surface area contributed by atoms with Crippen LogP contribution in [0.3, 0.4) is 0 Å². The first kappa shape index (κ1) is 10.0. The molecule has 1 heterocycles. The molecule has 1 saturated heterocycles. The second kappa shape index (κ2) is 3.78. The van der Waals surface area contributed by atoms with Gasteiger partial charge < -0.3 is 5.32 Å². The Hall–Kier alpha value is -0.0400. The van der Waals surface area contributed by atoms with E-state index in [0.29, 0.717) is 5.54 Å². The highest BCUT2D eigenvalue weighted by Gasteiger charge is 2.38. The molecule has 0 aromatic heterocycles. The van der Waals surface area contributed by atoms with E-state index in [1.54, 1.807) is 0 Å². The Morgan fingerprint density at radius 3 is 2.42 bits per heavy atom. The summed E-state index contributed by atoms with van der Waals surface area (Å²) in [6, 6.07) is 0.761. The van der Waals surface area contributed by atoms with Gasteiger partial charge in [0.15, 0.2) is 0 Å². The van der Waals surface area contributed by atoms with Crippen LogP contribution in [0.4, 0.5) is 0 Å². The molecule has 1 heteroatoms. The average Bonchev–Trinajstić information content (AvgIpc) is 1.95. The fourth-order valence-corrected chi connectivity index (χ4v) is 2.25. The molecule has 2 atom stereocenters. The minimum absolute atomic E-state index is 0.518. The quantitative estimate of drug-likeness (QED) is 0.682. The zero-order valence-corrected chi connectivity index (χ0v) is 8.98. The monoisotopic (exact) mass is 169 g/mol. The lowest BCUT2D eigenvalue weighted by atomic mass is 9.75. The molecular weight excluding hydrogens is 146 g/mol. The fraction of sp³-hybridized carbons (Fsp3) is 1.00. The first-order valence-corrected chi connectivity index (χ1v) is 5.35. The summed E-state index contributed by atoms with van der Waals surface area (Å²) in [5.41, 5.74) is 0.518. The predicted octanol–water partition coefficient (Wildman–Crippen LogP) is 2.95. The minimum atomic E-state index is 0.518. The Kier molecular flexibility index (Phi) is 3.16. The summed E-state index contributed by atoms with van der Waals surface area (Å²) in [4.78, 5) is 0. The van der Waals surface area contributed by atoms with Gasteiger partial charge in [-0.3, -0.25) is 0 Å². The Bertz CT molecular complexity index is 134. The summed E-state index contributed by atoms with van der Waals surface area (Å²) in [6.07, 6.45) is 5.42. The van der Waals surface area contributed by atoms with Crippen molar-refractivity contribution in [2.24, 2.45) is 5.92 Å². The summed E-state index contributed by atoms with van der Waals surface area (Å²) in [6.45, 7) is 9.21. The highest BCUT2D eigenvalue weighted by molar-refractivity contribution is 5.00. The van der Waals surface area contributed by atoms with Gasteiger partial charge in [-0.25, -0.2) is 0 Å². The van der Waals surface area contributed by atoms with Crippen LogP contribution in [0.15, 0.2) is 0 Å². The highest BCUT2D eigenvalue weighted by Crippen LogP contribution is 2.33. The van der Waals surface area contributed by atoms with Gasteiger partial charge in [-0.05, 0) is 38.5 Å². The van der Waals surface area contributed by atoms with Crippen molar-refractivity contribution < 1.29 is 0 Å². The SMILES string of the molecule is CCC1(CCC(C)C)CC(C)N1. The first-order chi connectivity index (χ1) is 5.58. The van der Waals surface area contributed by atoms with E-state index in [-0.39, 0.29) is 0 Å². The van der Waals surface area contributed by atoms with Crippen molar-refractivity contribution >= 4 is 0 Å². The van der Waals surface area contributed by atoms with Crippen LogP contribution in [-0.2, 0) is 0 Å². The normalized spacial score (nSPS) is 35.2. The first-order valence-electron chi connectivity index (χ1n) is 5.35. The Balaban J connectivity index is 2.27. The van der Waals surface area contributed by atoms with Crippen molar-refractivity contribution in [3.63, 3.8) is 0 Å². The average molecular weight is 169 g/mol. The third kappa shape index (κ3) is 2.22. The van der Waals surface area contributed by atoms with Crippen molar-refractivity contribution in [3.8, 4) is 0 Å². The van der Waals surface area contributed by atoms with E-state index in [1.165, 1.54) is 25.7 Å². The number of hydrogen-bond donors (Lipinski definition) is 1. The lowest BCUT2D eigenvalue weighted by Crippen LogP contribution is -2.62. The van der Waals surface area contributed by atoms with Crippen molar-refractivity contribution in [2.75, 3.05) is 0 Å². The van der Waals surface area contributed by atoms with Crippen LogP contribution in [0, 0.1) is 5.92 Å². The molecule has 1 rings (SSSR count). The van der Waals surface area contributed by atoms with Crippen LogP contribution >= 0.6 is 0 Å². The van der Waals surface area contributed by atoms with Crippen LogP contribution in [0.5, 0.6) is 0 Å². The lowest BCUT2D eigenvalue weighted by molar-refractivity contribution is 0.121. The Labute approximate surface area is 76.9 Å². The van der Waals surface area contributed by atoms with Crippen molar-refractivity contribution in [1.82, 2.24) is 5.32 Å². The van der Waals surface area contributed by atoms with E-state index in [1.807, 2.05) is 0 Å². The molecule has 1 nitrogen and oxygen atoms in total. The van der Waals surface area contributed by atoms with E-state index in [4.69, 9.17) is 0 Å². The molecule has 0 bridgehead atoms. The van der Waals surface area contributed by atoms with E-state index in [2.05, 4.69) is 33.0 Å². The largest absolute Gasteiger partial charge is 0.309 e. The zero-order chi connectivity index (χ0) is 9.19. The number of nitrogens with one attached hydrogen (secondary N) is 1. The molecule has 1 N–H and O–H groups in total. The van der Waals surface area contributed by atoms with E-state index in [9.17, 15) is 0 Å². The van der Waals surface area contributed by atoms with Gasteiger partial charge >= 0.3 is 0 Å². The van der Waals surface area contributed by atoms with E-state index < -0.39 is 0 Å². The predicted molar refractivity (Wildman–Crippen MR) is 54.3 cm³/mol. The summed E-state index contributed by atoms with van der Waals surface area (Å²) in [5, 5.41) is 3.66. The smallest absolute Gasteiger partial charge is 0.0196 e. The Morgan fingerprint density at radius 1 is 1.50 bits per heavy atom. The van der Waals surface area contributed by atoms with Gasteiger partial charge in [0.25, 0.3) is 0 Å². The van der Waals surface area contributed by atoms with E-state index in [0.717, 1.165) is 12.0 Å². The molecule has 0 radical (unpaired) electrons. The maximum atomic E-state index is 3.66. The second-order valence-electron chi connectivity index (χ2n) is 4.82. The molecular formula is C11H23N. The van der Waals surface area contributed by atoms with Gasteiger partial charge in [0, 0.05) is 11.6 Å². The fourth-order valence-electron chi connectivity index (χ4n) is 2.25. The van der Waals surface area contributed by atoms with Crippen LogP contribution < -0.4 is 5.32 Å². The van der Waals surface area contributed by atoms with Gasteiger partial charge in [0.2, 0.25) is 0 Å². The van der Waals surface area contributed by atoms with Crippen LogP contribution in [-0.4, -0.2) is 11.6 Å². The van der Waals surface area contributed by atoms with Crippen molar-refractivity contribution in [2.45, 2.75) is 65.0 Å². The minimum Gasteiger partial charge on any atom is -0.309 e. The van der Waals surface area contributed by atoms with Crippen LogP contribution in [0.25, 0.3) is 0 Å². The maximum Gasteiger partial charge on any atom is 0.0196 e. The third-order valence-corrected chi connectivity index (χ3v) is 3.13. The summed E-state index contributed by atoms with van der Waals surface area (Å²) < 4.78 is 0. The molecule has 2 unspecified atom stereocenters. The third-order valence-electron chi connectivity index (χ3n) is 3.13. The molecule has 0 spiro atoms. The molecule has 1 aliphatic heterocycles. The molecule has 0 saturated carbocycles. The van der Waals surface area contributed by atoms with Crippen LogP contribution in [0.2, 0.25) is 0 Å². The van der Waals surface area contributed by atoms with Gasteiger partial charge in [-0.15, -0.1) is 0 Å². The molecule has 1 aliphatic rings. The topological polar surface area (TPSA) is 12.0 Å². The molecule has 0 aliphatic carbocycles. The highest BCUT2D eigenvalue weighted by atomic mass is 15.1. The molecule has 0 aromatic rings. The summed E-state index contributed by atoms with van der Waals surface area (Å²) in [7, 11) is 0. The number of hydrogen-bond acceptors (Lipinski definition) is 1. The standard InChI is InChI=1S/C11H23N/c1-5-11(7-6-9(2)3)8-10(4)12-11/h9-10,12H,5-8H2,1-4H3. The molecule has 1 fully saturated rings. The van der Waals surface area contributed by atoms with Crippen LogP contribution in [0.1, 0.15) is 53.4 Å². The number of rotatable bonds is 4. The molecule has 0 amide bonds. The molecule has 72 valence electrons. The summed E-state index contributed by atoms with van der Waals surface area (Å²) in [5.74, 6) is 0.853. The lowest BCUT2D eigenvalue weighted by Gasteiger charge is -2.48. The van der Waals surface area contributed by atoms with Gasteiger partial charge in [-0.2, -0.15) is 0 Å². The zero-order valence-electron chi connectivity index (χ0n) is 8.98. The molecule has 12 heavy (non-hydrogen) atoms. The van der Waals surface area contributed by atoms with E-state index >= 15 is 0 Å². The Morgan fingerprint density at radius 2 is 2.08 bits per heavy atom. The maximum absolute atomic E-state index is 3.66. The van der Waals surface area contributed by atoms with Crippen molar-refractivity contribution in [3.05, 3.63) is 0 Å². The van der Waals surface area contributed by atoms with Gasteiger partial charge in [0.1, 0.15) is 0 Å². The van der Waals surface area contributed by atoms with Gasteiger partial charge in [0.05, 0.1) is 0 Å². The summed E-state index contributed by atoms with van der Waals surface area (Å²) >= 11 is 0. The van der Waals surface area contributed by atoms with Gasteiger partial charge in [-0.1, -0.05) is 20.8 Å².